The van der Waals surface area contributed by atoms with Crippen molar-refractivity contribution in [3.05, 3.63) is 82.9 Å². The van der Waals surface area contributed by atoms with Crippen LogP contribution < -0.4 is 9.47 Å². The van der Waals surface area contributed by atoms with Crippen molar-refractivity contribution in [3.63, 3.8) is 0 Å². The van der Waals surface area contributed by atoms with Crippen molar-refractivity contribution in [1.82, 2.24) is 19.6 Å². The molecule has 2 aliphatic rings. The van der Waals surface area contributed by atoms with Gasteiger partial charge in [0.2, 0.25) is 5.88 Å². The van der Waals surface area contributed by atoms with Gasteiger partial charge in [0.25, 0.3) is 0 Å². The second kappa shape index (κ2) is 7.77. The Kier molecular flexibility index (Phi) is 4.78. The van der Waals surface area contributed by atoms with E-state index >= 15 is 0 Å². The van der Waals surface area contributed by atoms with Gasteiger partial charge in [-0.1, -0.05) is 50.2 Å². The number of benzene rings is 2. The molecule has 0 saturated heterocycles. The van der Waals surface area contributed by atoms with Crippen LogP contribution in [0.25, 0.3) is 17.0 Å². The van der Waals surface area contributed by atoms with Gasteiger partial charge in [0.1, 0.15) is 17.8 Å². The second-order valence-corrected chi connectivity index (χ2v) is 10.1. The zero-order valence-corrected chi connectivity index (χ0v) is 20.2. The highest BCUT2D eigenvalue weighted by molar-refractivity contribution is 6.00. The molecule has 0 amide bonds. The van der Waals surface area contributed by atoms with Gasteiger partial charge in [0.05, 0.1) is 12.7 Å². The lowest BCUT2D eigenvalue weighted by Crippen LogP contribution is -2.33. The summed E-state index contributed by atoms with van der Waals surface area (Å²) in [5.74, 6) is 2.30. The topological polar surface area (TPSA) is 78.6 Å². The molecule has 4 aromatic rings. The van der Waals surface area contributed by atoms with Crippen LogP contribution in [0, 0.1) is 12.3 Å². The van der Waals surface area contributed by atoms with Gasteiger partial charge in [-0.2, -0.15) is 0 Å². The summed E-state index contributed by atoms with van der Waals surface area (Å²) in [6.45, 7) is 6.23. The van der Waals surface area contributed by atoms with E-state index in [0.717, 1.165) is 28.0 Å². The van der Waals surface area contributed by atoms with Crippen LogP contribution in [0.2, 0.25) is 0 Å². The maximum atomic E-state index is 13.5. The van der Waals surface area contributed by atoms with Crippen LogP contribution in [0.4, 0.5) is 0 Å². The van der Waals surface area contributed by atoms with Gasteiger partial charge in [0.15, 0.2) is 17.3 Å². The summed E-state index contributed by atoms with van der Waals surface area (Å²) in [5, 5.41) is 4.72. The normalized spacial score (nSPS) is 18.7. The van der Waals surface area contributed by atoms with Gasteiger partial charge < -0.3 is 9.47 Å². The number of hydrogen-bond donors (Lipinski definition) is 0. The van der Waals surface area contributed by atoms with Crippen molar-refractivity contribution in [2.24, 2.45) is 5.41 Å². The van der Waals surface area contributed by atoms with E-state index in [-0.39, 0.29) is 17.1 Å². The van der Waals surface area contributed by atoms with Crippen molar-refractivity contribution < 1.29 is 14.3 Å². The van der Waals surface area contributed by atoms with E-state index in [1.165, 1.54) is 0 Å². The molecule has 0 bridgehead atoms. The second-order valence-electron chi connectivity index (χ2n) is 10.1. The molecule has 7 heteroatoms. The van der Waals surface area contributed by atoms with E-state index in [1.54, 1.807) is 18.0 Å². The van der Waals surface area contributed by atoms with Crippen molar-refractivity contribution in [3.8, 4) is 23.0 Å². The van der Waals surface area contributed by atoms with E-state index < -0.39 is 0 Å². The third-order valence-electron chi connectivity index (χ3n) is 6.90. The Labute approximate surface area is 203 Å². The largest absolute Gasteiger partial charge is 0.497 e. The Bertz CT molecular complexity index is 1520. The molecular formula is C28H26N4O3. The summed E-state index contributed by atoms with van der Waals surface area (Å²) in [7, 11) is 1.64. The van der Waals surface area contributed by atoms with Gasteiger partial charge in [0, 0.05) is 29.9 Å². The SMILES string of the molecule is COc1ccc([C@@H]2C3=C(CC(C)(C)CC3=O)Oc3ncn4nc(-c5ccccc5C)nc4c32)cc1. The van der Waals surface area contributed by atoms with Crippen LogP contribution in [0.1, 0.15) is 49.3 Å². The van der Waals surface area contributed by atoms with Crippen molar-refractivity contribution in [1.29, 1.82) is 0 Å². The average molecular weight is 467 g/mol. The monoisotopic (exact) mass is 466 g/mol. The maximum absolute atomic E-state index is 13.5. The number of Topliss-reactive ketones (excluding diaryl/α,β-unsaturated/α-hetero) is 1. The molecule has 35 heavy (non-hydrogen) atoms. The fraction of sp³-hybridized carbons (Fsp3) is 0.286. The van der Waals surface area contributed by atoms with E-state index in [0.29, 0.717) is 41.5 Å². The van der Waals surface area contributed by atoms with Crippen LogP contribution in [0.3, 0.4) is 0 Å². The molecule has 1 atom stereocenters. The zero-order chi connectivity index (χ0) is 24.3. The number of nitrogens with zero attached hydrogens (tertiary/aromatic N) is 4. The number of fused-ring (bicyclic) bond motifs is 3. The Morgan fingerprint density at radius 3 is 2.60 bits per heavy atom. The molecular weight excluding hydrogens is 440 g/mol. The first-order chi connectivity index (χ1) is 16.8. The molecule has 0 spiro atoms. The number of rotatable bonds is 3. The Morgan fingerprint density at radius 1 is 1.09 bits per heavy atom. The smallest absolute Gasteiger partial charge is 0.228 e. The Hall–Kier alpha value is -4.00. The predicted octanol–water partition coefficient (Wildman–Crippen LogP) is 5.28. The lowest BCUT2D eigenvalue weighted by Gasteiger charge is -2.37. The molecule has 6 rings (SSSR count). The van der Waals surface area contributed by atoms with Crippen LogP contribution in [-0.2, 0) is 4.79 Å². The number of methoxy groups -OCH3 is 1. The minimum atomic E-state index is -0.353. The lowest BCUT2D eigenvalue weighted by atomic mass is 9.70. The molecule has 2 aromatic carbocycles. The van der Waals surface area contributed by atoms with Gasteiger partial charge in [-0.05, 0) is 35.6 Å². The van der Waals surface area contributed by atoms with E-state index in [9.17, 15) is 4.79 Å². The van der Waals surface area contributed by atoms with Crippen molar-refractivity contribution in [2.45, 2.75) is 39.5 Å². The van der Waals surface area contributed by atoms with Gasteiger partial charge in [-0.3, -0.25) is 4.79 Å². The number of allylic oxidation sites excluding steroid dienone is 2. The van der Waals surface area contributed by atoms with Crippen LogP contribution >= 0.6 is 0 Å². The summed E-state index contributed by atoms with van der Waals surface area (Å²) in [6, 6.07) is 15.8. The minimum absolute atomic E-state index is 0.100. The fourth-order valence-corrected chi connectivity index (χ4v) is 5.21. The first-order valence-electron chi connectivity index (χ1n) is 11.7. The molecule has 0 fully saturated rings. The Balaban J connectivity index is 1.60. The number of hydrogen-bond acceptors (Lipinski definition) is 6. The molecule has 176 valence electrons. The molecule has 3 heterocycles. The van der Waals surface area contributed by atoms with E-state index in [1.807, 2.05) is 55.5 Å². The maximum Gasteiger partial charge on any atom is 0.228 e. The molecule has 0 saturated carbocycles. The fourth-order valence-electron chi connectivity index (χ4n) is 5.21. The highest BCUT2D eigenvalue weighted by atomic mass is 16.5. The third-order valence-corrected chi connectivity index (χ3v) is 6.90. The van der Waals surface area contributed by atoms with Crippen LogP contribution in [0.15, 0.2) is 66.2 Å². The van der Waals surface area contributed by atoms with E-state index in [4.69, 9.17) is 19.6 Å². The summed E-state index contributed by atoms with van der Waals surface area (Å²) >= 11 is 0. The summed E-state index contributed by atoms with van der Waals surface area (Å²) in [4.78, 5) is 23.1. The standard InChI is InChI=1S/C28H26N4O3/c1-16-7-5-6-8-19(16)25-30-26-24-22(17-9-11-18(34-4)12-10-17)23-20(33)13-28(2,3)14-21(23)35-27(24)29-15-32(26)31-25/h5-12,15,22H,13-14H2,1-4H3/t22-/m1/s1. The highest BCUT2D eigenvalue weighted by Crippen LogP contribution is 2.50. The third kappa shape index (κ3) is 3.50. The first kappa shape index (κ1) is 21.5. The number of carbonyl (C=O) groups is 1. The molecule has 7 nitrogen and oxygen atoms in total. The number of aryl methyl sites for hydroxylation is 1. The molecule has 0 N–H and O–H groups in total. The van der Waals surface area contributed by atoms with E-state index in [2.05, 4.69) is 18.8 Å². The first-order valence-corrected chi connectivity index (χ1v) is 11.7. The number of ether oxygens (including phenoxy) is 2. The molecule has 0 unspecified atom stereocenters. The van der Waals surface area contributed by atoms with Crippen LogP contribution in [0.5, 0.6) is 11.6 Å². The zero-order valence-electron chi connectivity index (χ0n) is 20.2. The van der Waals surface area contributed by atoms with Crippen LogP contribution in [-0.4, -0.2) is 32.5 Å². The minimum Gasteiger partial charge on any atom is -0.497 e. The average Bonchev–Trinajstić information content (AvgIpc) is 3.26. The van der Waals surface area contributed by atoms with Gasteiger partial charge in [-0.15, -0.1) is 5.10 Å². The quantitative estimate of drug-likeness (QED) is 0.409. The lowest BCUT2D eigenvalue weighted by molar-refractivity contribution is -0.118. The predicted molar refractivity (Wildman–Crippen MR) is 131 cm³/mol. The Morgan fingerprint density at radius 2 is 1.86 bits per heavy atom. The van der Waals surface area contributed by atoms with Gasteiger partial charge >= 0.3 is 0 Å². The molecule has 1 aliphatic heterocycles. The highest BCUT2D eigenvalue weighted by Gasteiger charge is 2.44. The van der Waals surface area contributed by atoms with Gasteiger partial charge in [-0.25, -0.2) is 14.5 Å². The summed E-state index contributed by atoms with van der Waals surface area (Å²) < 4.78 is 13.4. The summed E-state index contributed by atoms with van der Waals surface area (Å²) in [5.41, 5.74) is 4.93. The number of ketones is 1. The van der Waals surface area contributed by atoms with Crippen molar-refractivity contribution >= 4 is 11.4 Å². The summed E-state index contributed by atoms with van der Waals surface area (Å²) in [6.07, 6.45) is 2.78. The molecule has 0 radical (unpaired) electrons. The number of carbonyl (C=O) groups excluding carboxylic acids is 1. The number of aromatic nitrogens is 4. The van der Waals surface area contributed by atoms with Crippen molar-refractivity contribution in [2.75, 3.05) is 7.11 Å². The molecule has 2 aromatic heterocycles. The molecule has 1 aliphatic carbocycles.